The average Bonchev–Trinajstić information content (AvgIpc) is 3.19. The largest absolute Gasteiger partial charge is 0.454 e. The van der Waals surface area contributed by atoms with Gasteiger partial charge in [-0.15, -0.1) is 11.3 Å². The topological polar surface area (TPSA) is 64.6 Å². The number of ether oxygens (including phenoxy) is 2. The van der Waals surface area contributed by atoms with Gasteiger partial charge in [-0.25, -0.2) is 0 Å². The molecule has 0 radical (unpaired) electrons. The number of ketones is 1. The second-order valence-corrected chi connectivity index (χ2v) is 6.49. The van der Waals surface area contributed by atoms with Crippen LogP contribution in [0.3, 0.4) is 0 Å². The smallest absolute Gasteiger partial charge is 0.265 e. The summed E-state index contributed by atoms with van der Waals surface area (Å²) in [6, 6.07) is 12.9. The lowest BCUT2D eigenvalue weighted by atomic mass is 10.1. The van der Waals surface area contributed by atoms with Gasteiger partial charge >= 0.3 is 0 Å². The summed E-state index contributed by atoms with van der Waals surface area (Å²) >= 11 is 1.41. The summed E-state index contributed by atoms with van der Waals surface area (Å²) in [7, 11) is 0. The molecule has 0 saturated carbocycles. The van der Waals surface area contributed by atoms with Gasteiger partial charge in [0.2, 0.25) is 6.79 Å². The fraction of sp³-hybridized carbons (Fsp3) is 0.111. The van der Waals surface area contributed by atoms with Crippen molar-refractivity contribution in [3.05, 3.63) is 52.9 Å². The van der Waals surface area contributed by atoms with Crippen LogP contribution in [0.5, 0.6) is 11.5 Å². The van der Waals surface area contributed by atoms with Gasteiger partial charge in [0.1, 0.15) is 0 Å². The van der Waals surface area contributed by atoms with Crippen LogP contribution in [0.25, 0.3) is 10.1 Å². The summed E-state index contributed by atoms with van der Waals surface area (Å²) in [5.41, 5.74) is 0.822. The number of amides is 1. The minimum Gasteiger partial charge on any atom is -0.454 e. The van der Waals surface area contributed by atoms with Crippen molar-refractivity contribution in [2.75, 3.05) is 12.1 Å². The summed E-state index contributed by atoms with van der Waals surface area (Å²) in [6.07, 6.45) is 0. The van der Waals surface area contributed by atoms with Crippen LogP contribution < -0.4 is 14.8 Å². The molecule has 0 bridgehead atoms. The van der Waals surface area contributed by atoms with Crippen molar-refractivity contribution in [1.29, 1.82) is 0 Å². The Bertz CT molecular complexity index is 943. The summed E-state index contributed by atoms with van der Waals surface area (Å²) in [6.45, 7) is 1.56. The zero-order valence-electron chi connectivity index (χ0n) is 12.8. The Morgan fingerprint density at radius 2 is 1.83 bits per heavy atom. The molecule has 0 saturated heterocycles. The number of nitrogens with one attached hydrogen (secondary N) is 1. The van der Waals surface area contributed by atoms with Crippen LogP contribution in [-0.2, 0) is 0 Å². The first-order chi connectivity index (χ1) is 11.6. The molecular weight excluding hydrogens is 326 g/mol. The number of hydrogen-bond donors (Lipinski definition) is 1. The number of benzene rings is 2. The average molecular weight is 339 g/mol. The van der Waals surface area contributed by atoms with Crippen molar-refractivity contribution in [2.45, 2.75) is 6.92 Å². The van der Waals surface area contributed by atoms with E-state index in [4.69, 9.17) is 9.47 Å². The molecule has 2 heterocycles. The van der Waals surface area contributed by atoms with Crippen molar-refractivity contribution in [3.8, 4) is 11.5 Å². The van der Waals surface area contributed by atoms with Crippen LogP contribution >= 0.6 is 11.3 Å². The van der Waals surface area contributed by atoms with Gasteiger partial charge in [0, 0.05) is 16.3 Å². The van der Waals surface area contributed by atoms with Gasteiger partial charge in [0.25, 0.3) is 5.91 Å². The van der Waals surface area contributed by atoms with E-state index in [9.17, 15) is 9.59 Å². The normalized spacial score (nSPS) is 12.4. The molecule has 2 aromatic carbocycles. The summed E-state index contributed by atoms with van der Waals surface area (Å²) < 4.78 is 11.7. The van der Waals surface area contributed by atoms with E-state index in [0.29, 0.717) is 27.6 Å². The van der Waals surface area contributed by atoms with Gasteiger partial charge in [0.05, 0.1) is 10.6 Å². The van der Waals surface area contributed by atoms with Crippen LogP contribution in [0.1, 0.15) is 27.0 Å². The molecule has 4 rings (SSSR count). The maximum Gasteiger partial charge on any atom is 0.265 e. The lowest BCUT2D eigenvalue weighted by Gasteiger charge is -2.09. The van der Waals surface area contributed by atoms with E-state index in [2.05, 4.69) is 5.32 Å². The van der Waals surface area contributed by atoms with Crippen LogP contribution in [0.4, 0.5) is 5.69 Å². The van der Waals surface area contributed by atoms with Gasteiger partial charge in [-0.2, -0.15) is 0 Å². The Labute approximate surface area is 141 Å². The highest BCUT2D eigenvalue weighted by Crippen LogP contribution is 2.37. The number of anilines is 1. The lowest BCUT2D eigenvalue weighted by molar-refractivity contribution is 0.101. The van der Waals surface area contributed by atoms with E-state index in [-0.39, 0.29) is 18.5 Å². The Morgan fingerprint density at radius 3 is 2.58 bits per heavy atom. The van der Waals surface area contributed by atoms with Gasteiger partial charge < -0.3 is 14.8 Å². The summed E-state index contributed by atoms with van der Waals surface area (Å²) in [4.78, 5) is 25.0. The minimum absolute atomic E-state index is 0.111. The fourth-order valence-corrected chi connectivity index (χ4v) is 3.57. The maximum atomic E-state index is 12.6. The third-order valence-corrected chi connectivity index (χ3v) is 4.90. The number of rotatable bonds is 3. The summed E-state index contributed by atoms with van der Waals surface area (Å²) in [5, 5.41) is 3.83. The third-order valence-electron chi connectivity index (χ3n) is 3.79. The second-order valence-electron chi connectivity index (χ2n) is 5.41. The third kappa shape index (κ3) is 2.51. The summed E-state index contributed by atoms with van der Waals surface area (Å²) in [5.74, 6) is 0.629. The SMILES string of the molecule is CC(=O)c1cc2c(cc1NC(=O)c1cc3ccccc3s1)OCO2. The Hall–Kier alpha value is -2.86. The molecule has 1 amide bonds. The fourth-order valence-electron chi connectivity index (χ4n) is 2.61. The zero-order chi connectivity index (χ0) is 16.7. The molecule has 1 aliphatic heterocycles. The Morgan fingerprint density at radius 1 is 1.08 bits per heavy atom. The highest BCUT2D eigenvalue weighted by Gasteiger charge is 2.21. The first kappa shape index (κ1) is 14.7. The molecule has 1 aromatic heterocycles. The molecule has 6 heteroatoms. The van der Waals surface area contributed by atoms with Crippen LogP contribution in [0.15, 0.2) is 42.5 Å². The van der Waals surface area contributed by atoms with E-state index in [1.807, 2.05) is 30.3 Å². The molecular formula is C18H13NO4S. The predicted molar refractivity (Wildman–Crippen MR) is 92.3 cm³/mol. The zero-order valence-corrected chi connectivity index (χ0v) is 13.6. The quantitative estimate of drug-likeness (QED) is 0.730. The molecule has 24 heavy (non-hydrogen) atoms. The van der Waals surface area contributed by atoms with Gasteiger partial charge in [-0.05, 0) is 30.5 Å². The minimum atomic E-state index is -0.252. The number of hydrogen-bond acceptors (Lipinski definition) is 5. The van der Waals surface area contributed by atoms with E-state index in [0.717, 1.165) is 10.1 Å². The Kier molecular flexibility index (Phi) is 3.46. The molecule has 5 nitrogen and oxygen atoms in total. The first-order valence-corrected chi connectivity index (χ1v) is 8.18. The van der Waals surface area contributed by atoms with E-state index in [1.54, 1.807) is 12.1 Å². The standard InChI is InChI=1S/C18H13NO4S/c1-10(20)12-7-14-15(23-9-22-14)8-13(12)19-18(21)17-6-11-4-2-3-5-16(11)24-17/h2-8H,9H2,1H3,(H,19,21). The Balaban J connectivity index is 1.69. The van der Waals surface area contributed by atoms with Crippen molar-refractivity contribution in [3.63, 3.8) is 0 Å². The highest BCUT2D eigenvalue weighted by atomic mass is 32.1. The molecule has 0 unspecified atom stereocenters. The second kappa shape index (κ2) is 5.65. The number of Topliss-reactive ketones (excluding diaryl/α,β-unsaturated/α-hetero) is 1. The van der Waals surface area contributed by atoms with E-state index in [1.165, 1.54) is 18.3 Å². The molecule has 3 aromatic rings. The monoisotopic (exact) mass is 339 g/mol. The van der Waals surface area contributed by atoms with Crippen LogP contribution in [0.2, 0.25) is 0 Å². The van der Waals surface area contributed by atoms with Crippen LogP contribution in [0, 0.1) is 0 Å². The van der Waals surface area contributed by atoms with Gasteiger partial charge in [-0.1, -0.05) is 18.2 Å². The first-order valence-electron chi connectivity index (χ1n) is 7.36. The molecule has 120 valence electrons. The molecule has 1 N–H and O–H groups in total. The number of thiophene rings is 1. The number of carbonyl (C=O) groups excluding carboxylic acids is 2. The predicted octanol–water partition coefficient (Wildman–Crippen LogP) is 4.08. The molecule has 1 aliphatic rings. The van der Waals surface area contributed by atoms with Crippen molar-refractivity contribution in [1.82, 2.24) is 0 Å². The van der Waals surface area contributed by atoms with E-state index >= 15 is 0 Å². The maximum absolute atomic E-state index is 12.6. The van der Waals surface area contributed by atoms with Gasteiger partial charge in [-0.3, -0.25) is 9.59 Å². The lowest BCUT2D eigenvalue weighted by Crippen LogP contribution is -2.13. The molecule has 0 atom stereocenters. The number of carbonyl (C=O) groups is 2. The van der Waals surface area contributed by atoms with Crippen LogP contribution in [-0.4, -0.2) is 18.5 Å². The van der Waals surface area contributed by atoms with Gasteiger partial charge in [0.15, 0.2) is 17.3 Å². The van der Waals surface area contributed by atoms with E-state index < -0.39 is 0 Å². The highest BCUT2D eigenvalue weighted by molar-refractivity contribution is 7.20. The molecule has 0 aliphatic carbocycles. The van der Waals surface area contributed by atoms with Crippen molar-refractivity contribution in [2.24, 2.45) is 0 Å². The molecule has 0 fully saturated rings. The number of fused-ring (bicyclic) bond motifs is 2. The molecule has 0 spiro atoms. The van der Waals surface area contributed by atoms with Crippen molar-refractivity contribution >= 4 is 38.8 Å². The van der Waals surface area contributed by atoms with Crippen molar-refractivity contribution < 1.29 is 19.1 Å².